The molecule has 20 heavy (non-hydrogen) atoms. The molecule has 2 rings (SSSR count). The second-order valence-corrected chi connectivity index (χ2v) is 5.49. The normalized spacial score (nSPS) is 25.4. The number of carboxylic acid groups (broad SMARTS) is 1. The molecule has 8 nitrogen and oxygen atoms in total. The van der Waals surface area contributed by atoms with Gasteiger partial charge in [0.05, 0.1) is 5.75 Å². The lowest BCUT2D eigenvalue weighted by molar-refractivity contribution is -0.134. The van der Waals surface area contributed by atoms with Crippen molar-refractivity contribution in [3.8, 4) is 0 Å². The highest BCUT2D eigenvalue weighted by Crippen LogP contribution is 2.28. The summed E-state index contributed by atoms with van der Waals surface area (Å²) in [5, 5.41) is 11.5. The van der Waals surface area contributed by atoms with Gasteiger partial charge >= 0.3 is 12.0 Å². The van der Waals surface area contributed by atoms with Crippen LogP contribution in [0.4, 0.5) is 4.79 Å². The number of carboxylic acids is 1. The third-order valence-corrected chi connectivity index (χ3v) is 4.10. The Bertz CT molecular complexity index is 481. The van der Waals surface area contributed by atoms with E-state index in [1.165, 1.54) is 4.90 Å². The predicted molar refractivity (Wildman–Crippen MR) is 73.4 cm³/mol. The second kappa shape index (κ2) is 5.70. The highest BCUT2D eigenvalue weighted by molar-refractivity contribution is 8.14. The lowest BCUT2D eigenvalue weighted by Gasteiger charge is -2.36. The fourth-order valence-electron chi connectivity index (χ4n) is 2.22. The fraction of sp³-hybridized carbons (Fsp3) is 0.636. The first kappa shape index (κ1) is 14.6. The van der Waals surface area contributed by atoms with Gasteiger partial charge in [0.25, 0.3) is 5.91 Å². The maximum Gasteiger partial charge on any atom is 0.325 e. The third-order valence-electron chi connectivity index (χ3n) is 3.11. The summed E-state index contributed by atoms with van der Waals surface area (Å²) in [5.74, 6) is -1.46. The molecular formula is C11H16N4O4S. The first-order valence-electron chi connectivity index (χ1n) is 6.22. The van der Waals surface area contributed by atoms with Crippen molar-refractivity contribution >= 4 is 34.8 Å². The Kier molecular flexibility index (Phi) is 4.17. The summed E-state index contributed by atoms with van der Waals surface area (Å²) >= 11 is 1.07. The van der Waals surface area contributed by atoms with E-state index in [0.717, 1.165) is 18.2 Å². The Morgan fingerprint density at radius 3 is 2.80 bits per heavy atom. The quantitative estimate of drug-likeness (QED) is 0.743. The van der Waals surface area contributed by atoms with Crippen molar-refractivity contribution in [2.24, 2.45) is 4.99 Å². The molecule has 2 unspecified atom stereocenters. The Balaban J connectivity index is 2.24. The molecule has 2 aliphatic rings. The molecule has 0 bridgehead atoms. The number of imide groups is 1. The number of thioether (sulfide) groups is 1. The minimum atomic E-state index is -0.946. The number of likely N-dealkylation sites (N-methyl/N-ethyl adjacent to an activating group) is 1. The van der Waals surface area contributed by atoms with Crippen molar-refractivity contribution < 1.29 is 19.5 Å². The summed E-state index contributed by atoms with van der Waals surface area (Å²) in [6, 6.07) is -1.06. The van der Waals surface area contributed by atoms with Gasteiger partial charge in [-0.05, 0) is 6.42 Å². The van der Waals surface area contributed by atoms with Gasteiger partial charge in [-0.3, -0.25) is 14.9 Å². The lowest BCUT2D eigenvalue weighted by atomic mass is 10.1. The van der Waals surface area contributed by atoms with E-state index >= 15 is 0 Å². The molecule has 3 amide bonds. The molecular weight excluding hydrogens is 284 g/mol. The molecule has 110 valence electrons. The Hall–Kier alpha value is -1.77. The zero-order chi connectivity index (χ0) is 14.9. The second-order valence-electron chi connectivity index (χ2n) is 4.55. The number of aliphatic imine (C=N–C) groups is 1. The molecule has 0 aromatic carbocycles. The number of hydrogen-bond acceptors (Lipinski definition) is 6. The van der Waals surface area contributed by atoms with Gasteiger partial charge in [-0.25, -0.2) is 9.79 Å². The number of rotatable bonds is 4. The number of amides is 3. The number of nitrogens with zero attached hydrogens (tertiary/aromatic N) is 3. The van der Waals surface area contributed by atoms with Gasteiger partial charge in [0.15, 0.2) is 17.4 Å². The molecule has 0 aromatic rings. The van der Waals surface area contributed by atoms with Crippen LogP contribution in [0.25, 0.3) is 0 Å². The molecule has 2 atom stereocenters. The molecule has 0 radical (unpaired) electrons. The monoisotopic (exact) mass is 300 g/mol. The lowest BCUT2D eigenvalue weighted by Crippen LogP contribution is -2.63. The maximum absolute atomic E-state index is 12.0. The fourth-order valence-corrected chi connectivity index (χ4v) is 3.03. The van der Waals surface area contributed by atoms with Gasteiger partial charge in [0.2, 0.25) is 0 Å². The van der Waals surface area contributed by atoms with Crippen LogP contribution < -0.4 is 5.32 Å². The van der Waals surface area contributed by atoms with Crippen molar-refractivity contribution in [2.45, 2.75) is 25.6 Å². The number of nitrogens with one attached hydrogen (secondary N) is 1. The van der Waals surface area contributed by atoms with Gasteiger partial charge in [-0.15, -0.1) is 0 Å². The van der Waals surface area contributed by atoms with Crippen LogP contribution >= 0.6 is 11.8 Å². The van der Waals surface area contributed by atoms with E-state index in [4.69, 9.17) is 5.11 Å². The highest BCUT2D eigenvalue weighted by atomic mass is 32.2. The smallest absolute Gasteiger partial charge is 0.325 e. The molecule has 1 fully saturated rings. The molecule has 2 aliphatic heterocycles. The van der Waals surface area contributed by atoms with Gasteiger partial charge in [0.1, 0.15) is 0 Å². The summed E-state index contributed by atoms with van der Waals surface area (Å²) in [5.41, 5.74) is 0. The Labute approximate surface area is 120 Å². The highest BCUT2D eigenvalue weighted by Gasteiger charge is 2.48. The summed E-state index contributed by atoms with van der Waals surface area (Å²) in [6.07, 6.45) is 0.208. The van der Waals surface area contributed by atoms with E-state index in [1.807, 2.05) is 6.92 Å². The Morgan fingerprint density at radius 2 is 2.20 bits per heavy atom. The third kappa shape index (κ3) is 2.58. The van der Waals surface area contributed by atoms with Crippen LogP contribution in [0.1, 0.15) is 13.3 Å². The van der Waals surface area contributed by atoms with Crippen LogP contribution in [0.15, 0.2) is 4.99 Å². The largest absolute Gasteiger partial charge is 0.481 e. The van der Waals surface area contributed by atoms with E-state index < -0.39 is 24.2 Å². The first-order valence-corrected chi connectivity index (χ1v) is 7.21. The van der Waals surface area contributed by atoms with E-state index in [-0.39, 0.29) is 11.7 Å². The number of fused-ring (bicyclic) bond motifs is 1. The standard InChI is InChI=1S/C11H16N4O4S/c1-3-4-15-7-8(12-11(15)20-5-6(16)17)14(2)10(19)13-9(7)18/h7-8H,3-5H2,1-2H3,(H,16,17)(H,13,18,19). The molecule has 0 saturated carbocycles. The zero-order valence-electron chi connectivity index (χ0n) is 11.2. The Morgan fingerprint density at radius 1 is 1.50 bits per heavy atom. The SMILES string of the molecule is CCCN1C(SCC(=O)O)=NC2C1C(=O)NC(=O)N2C. The molecule has 0 spiro atoms. The summed E-state index contributed by atoms with van der Waals surface area (Å²) in [7, 11) is 1.57. The first-order chi connectivity index (χ1) is 9.45. The van der Waals surface area contributed by atoms with E-state index in [2.05, 4.69) is 10.3 Å². The molecule has 0 aromatic heterocycles. The van der Waals surface area contributed by atoms with Gasteiger partial charge in [0, 0.05) is 13.6 Å². The number of amidine groups is 1. The number of urea groups is 1. The van der Waals surface area contributed by atoms with Crippen LogP contribution in [-0.2, 0) is 9.59 Å². The summed E-state index contributed by atoms with van der Waals surface area (Å²) < 4.78 is 0. The summed E-state index contributed by atoms with van der Waals surface area (Å²) in [4.78, 5) is 41.8. The van der Waals surface area contributed by atoms with Crippen LogP contribution in [0.3, 0.4) is 0 Å². The van der Waals surface area contributed by atoms with Crippen LogP contribution in [0.5, 0.6) is 0 Å². The van der Waals surface area contributed by atoms with Crippen molar-refractivity contribution in [1.29, 1.82) is 0 Å². The van der Waals surface area contributed by atoms with E-state index in [0.29, 0.717) is 11.7 Å². The number of carbonyl (C=O) groups excluding carboxylic acids is 2. The minimum absolute atomic E-state index is 0.127. The van der Waals surface area contributed by atoms with Gasteiger partial charge in [-0.2, -0.15) is 0 Å². The molecule has 2 heterocycles. The average molecular weight is 300 g/mol. The average Bonchev–Trinajstić information content (AvgIpc) is 2.74. The topological polar surface area (TPSA) is 102 Å². The molecule has 2 N–H and O–H groups in total. The molecule has 0 aliphatic carbocycles. The zero-order valence-corrected chi connectivity index (χ0v) is 12.0. The maximum atomic E-state index is 12.0. The van der Waals surface area contributed by atoms with Crippen molar-refractivity contribution in [3.63, 3.8) is 0 Å². The van der Waals surface area contributed by atoms with Crippen molar-refractivity contribution in [2.75, 3.05) is 19.3 Å². The molecule has 1 saturated heterocycles. The van der Waals surface area contributed by atoms with E-state index in [1.54, 1.807) is 11.9 Å². The molecule has 9 heteroatoms. The summed E-state index contributed by atoms with van der Waals surface area (Å²) in [6.45, 7) is 2.55. The van der Waals surface area contributed by atoms with Gasteiger partial charge in [-0.1, -0.05) is 18.7 Å². The van der Waals surface area contributed by atoms with Crippen molar-refractivity contribution in [1.82, 2.24) is 15.1 Å². The van der Waals surface area contributed by atoms with Gasteiger partial charge < -0.3 is 14.9 Å². The minimum Gasteiger partial charge on any atom is -0.481 e. The van der Waals surface area contributed by atoms with Crippen LogP contribution in [-0.4, -0.2) is 69.5 Å². The van der Waals surface area contributed by atoms with Crippen LogP contribution in [0.2, 0.25) is 0 Å². The van der Waals surface area contributed by atoms with Crippen LogP contribution in [0, 0.1) is 0 Å². The van der Waals surface area contributed by atoms with Crippen molar-refractivity contribution in [3.05, 3.63) is 0 Å². The predicted octanol–water partition coefficient (Wildman–Crippen LogP) is -0.238. The van der Waals surface area contributed by atoms with E-state index in [9.17, 15) is 14.4 Å². The number of hydrogen-bond donors (Lipinski definition) is 2. The number of aliphatic carboxylic acids is 1. The number of carbonyl (C=O) groups is 3.